The number of nitrogens with one attached hydrogen (secondary N) is 1. The number of nitrogens with zero attached hydrogens (tertiary/aromatic N) is 2. The third kappa shape index (κ3) is 2.95. The van der Waals surface area contributed by atoms with Gasteiger partial charge in [0.15, 0.2) is 0 Å². The van der Waals surface area contributed by atoms with Crippen LogP contribution in [0.1, 0.15) is 13.3 Å². The lowest BCUT2D eigenvalue weighted by Gasteiger charge is -2.14. The third-order valence-corrected chi connectivity index (χ3v) is 2.52. The lowest BCUT2D eigenvalue weighted by Crippen LogP contribution is -2.30. The summed E-state index contributed by atoms with van der Waals surface area (Å²) >= 11 is 0. The van der Waals surface area contributed by atoms with E-state index in [9.17, 15) is 22.8 Å². The Labute approximate surface area is 112 Å². The maximum absolute atomic E-state index is 12.2. The Balaban J connectivity index is 2.21. The summed E-state index contributed by atoms with van der Waals surface area (Å²) in [4.78, 5) is 22.5. The second kappa shape index (κ2) is 4.95. The molecule has 0 spiro atoms. The van der Waals surface area contributed by atoms with Crippen molar-refractivity contribution >= 4 is 28.9 Å². The number of rotatable bonds is 2. The van der Waals surface area contributed by atoms with Crippen molar-refractivity contribution in [3.05, 3.63) is 24.3 Å². The van der Waals surface area contributed by atoms with Crippen molar-refractivity contribution in [2.24, 2.45) is 5.10 Å². The van der Waals surface area contributed by atoms with E-state index in [2.05, 4.69) is 5.10 Å². The molecule has 0 aliphatic carbocycles. The van der Waals surface area contributed by atoms with E-state index in [1.165, 1.54) is 24.3 Å². The SMILES string of the molecule is CC1=NN(c2cccc(NC(=O)C(F)(F)F)c2)C(=O)C1. The van der Waals surface area contributed by atoms with E-state index in [4.69, 9.17) is 0 Å². The maximum atomic E-state index is 12.2. The number of hydrazone groups is 1. The van der Waals surface area contributed by atoms with Gasteiger partial charge in [-0.2, -0.15) is 18.3 Å². The average molecular weight is 285 g/mol. The molecule has 2 rings (SSSR count). The minimum absolute atomic E-state index is 0.0580. The predicted molar refractivity (Wildman–Crippen MR) is 66.3 cm³/mol. The van der Waals surface area contributed by atoms with Crippen LogP contribution in [0.3, 0.4) is 0 Å². The molecule has 2 amide bonds. The van der Waals surface area contributed by atoms with Crippen molar-refractivity contribution in [2.45, 2.75) is 19.5 Å². The van der Waals surface area contributed by atoms with Gasteiger partial charge in [-0.25, -0.2) is 5.01 Å². The topological polar surface area (TPSA) is 61.8 Å². The first kappa shape index (κ1) is 14.0. The normalized spacial score (nSPS) is 15.3. The Morgan fingerprint density at radius 3 is 2.65 bits per heavy atom. The number of benzene rings is 1. The summed E-state index contributed by atoms with van der Waals surface area (Å²) in [5, 5.41) is 6.79. The molecule has 0 atom stereocenters. The van der Waals surface area contributed by atoms with Crippen LogP contribution in [-0.2, 0) is 9.59 Å². The Morgan fingerprint density at radius 2 is 2.10 bits per heavy atom. The van der Waals surface area contributed by atoms with Crippen LogP contribution in [0.2, 0.25) is 0 Å². The molecule has 0 bridgehead atoms. The minimum atomic E-state index is -4.96. The summed E-state index contributed by atoms with van der Waals surface area (Å²) in [6.07, 6.45) is -4.80. The van der Waals surface area contributed by atoms with Crippen molar-refractivity contribution in [3.63, 3.8) is 0 Å². The molecule has 1 aromatic rings. The molecule has 5 nitrogen and oxygen atoms in total. The van der Waals surface area contributed by atoms with E-state index < -0.39 is 12.1 Å². The summed E-state index contributed by atoms with van der Waals surface area (Å²) in [7, 11) is 0. The number of anilines is 2. The van der Waals surface area contributed by atoms with Gasteiger partial charge < -0.3 is 5.32 Å². The summed E-state index contributed by atoms with van der Waals surface area (Å²) in [5.41, 5.74) is 0.851. The number of alkyl halides is 3. The highest BCUT2D eigenvalue weighted by atomic mass is 19.4. The Bertz CT molecular complexity index is 596. The van der Waals surface area contributed by atoms with Gasteiger partial charge in [-0.3, -0.25) is 9.59 Å². The molecule has 0 saturated carbocycles. The van der Waals surface area contributed by atoms with E-state index in [0.29, 0.717) is 11.4 Å². The van der Waals surface area contributed by atoms with E-state index in [-0.39, 0.29) is 18.0 Å². The molecule has 8 heteroatoms. The van der Waals surface area contributed by atoms with Gasteiger partial charge in [0, 0.05) is 11.4 Å². The van der Waals surface area contributed by atoms with Crippen molar-refractivity contribution in [3.8, 4) is 0 Å². The Hall–Kier alpha value is -2.38. The van der Waals surface area contributed by atoms with Gasteiger partial charge in [0.05, 0.1) is 12.1 Å². The monoisotopic (exact) mass is 285 g/mol. The number of carbonyl (C=O) groups excluding carboxylic acids is 2. The van der Waals surface area contributed by atoms with E-state index >= 15 is 0 Å². The number of carbonyl (C=O) groups is 2. The smallest absolute Gasteiger partial charge is 0.318 e. The molecule has 0 unspecified atom stereocenters. The molecule has 0 aromatic heterocycles. The number of hydrogen-bond acceptors (Lipinski definition) is 3. The fourth-order valence-electron chi connectivity index (χ4n) is 1.67. The van der Waals surface area contributed by atoms with E-state index in [1.807, 2.05) is 0 Å². The number of halogens is 3. The maximum Gasteiger partial charge on any atom is 0.471 e. The summed E-state index contributed by atoms with van der Waals surface area (Å²) in [6.45, 7) is 1.67. The van der Waals surface area contributed by atoms with Gasteiger partial charge in [0.2, 0.25) is 0 Å². The van der Waals surface area contributed by atoms with Gasteiger partial charge in [-0.15, -0.1) is 0 Å². The van der Waals surface area contributed by atoms with Crippen LogP contribution in [0.5, 0.6) is 0 Å². The van der Waals surface area contributed by atoms with Gasteiger partial charge in [-0.05, 0) is 25.1 Å². The molecule has 106 valence electrons. The second-order valence-electron chi connectivity index (χ2n) is 4.22. The second-order valence-corrected chi connectivity index (χ2v) is 4.22. The molecular weight excluding hydrogens is 275 g/mol. The summed E-state index contributed by atoms with van der Waals surface area (Å²) in [6, 6.07) is 5.49. The fraction of sp³-hybridized carbons (Fsp3) is 0.250. The quantitative estimate of drug-likeness (QED) is 0.906. The Morgan fingerprint density at radius 1 is 1.40 bits per heavy atom. The fourth-order valence-corrected chi connectivity index (χ4v) is 1.67. The van der Waals surface area contributed by atoms with Crippen LogP contribution < -0.4 is 10.3 Å². The highest BCUT2D eigenvalue weighted by molar-refractivity contribution is 6.12. The zero-order chi connectivity index (χ0) is 14.9. The first-order chi connectivity index (χ1) is 9.27. The molecule has 0 fully saturated rings. The molecule has 1 aliphatic rings. The minimum Gasteiger partial charge on any atom is -0.318 e. The van der Waals surface area contributed by atoms with Crippen LogP contribution in [0, 0.1) is 0 Å². The predicted octanol–water partition coefficient (Wildman–Crippen LogP) is 2.30. The standard InChI is InChI=1S/C12H10F3N3O2/c1-7-5-10(19)18(17-7)9-4-2-3-8(6-9)16-11(20)12(13,14)15/h2-4,6H,5H2,1H3,(H,16,20). The van der Waals surface area contributed by atoms with Gasteiger partial charge >= 0.3 is 12.1 Å². The molecule has 1 aromatic carbocycles. The largest absolute Gasteiger partial charge is 0.471 e. The number of hydrogen-bond donors (Lipinski definition) is 1. The lowest BCUT2D eigenvalue weighted by atomic mass is 10.2. The number of amides is 2. The Kier molecular flexibility index (Phi) is 3.47. The first-order valence-corrected chi connectivity index (χ1v) is 5.62. The molecule has 20 heavy (non-hydrogen) atoms. The van der Waals surface area contributed by atoms with E-state index in [0.717, 1.165) is 5.01 Å². The molecule has 0 radical (unpaired) electrons. The average Bonchev–Trinajstić information content (AvgIpc) is 2.67. The third-order valence-electron chi connectivity index (χ3n) is 2.52. The van der Waals surface area contributed by atoms with Crippen LogP contribution in [-0.4, -0.2) is 23.7 Å². The van der Waals surface area contributed by atoms with Gasteiger partial charge in [0.25, 0.3) is 5.91 Å². The van der Waals surface area contributed by atoms with Crippen molar-refractivity contribution in [1.82, 2.24) is 0 Å². The van der Waals surface area contributed by atoms with Crippen LogP contribution in [0.4, 0.5) is 24.5 Å². The molecule has 1 aliphatic heterocycles. The van der Waals surface area contributed by atoms with Crippen molar-refractivity contribution in [2.75, 3.05) is 10.3 Å². The zero-order valence-electron chi connectivity index (χ0n) is 10.4. The van der Waals surface area contributed by atoms with Crippen LogP contribution in [0.25, 0.3) is 0 Å². The van der Waals surface area contributed by atoms with E-state index in [1.54, 1.807) is 12.2 Å². The zero-order valence-corrected chi connectivity index (χ0v) is 10.4. The van der Waals surface area contributed by atoms with Gasteiger partial charge in [-0.1, -0.05) is 6.07 Å². The highest BCUT2D eigenvalue weighted by Crippen LogP contribution is 2.25. The molecular formula is C12H10F3N3O2. The lowest BCUT2D eigenvalue weighted by molar-refractivity contribution is -0.167. The summed E-state index contributed by atoms with van der Waals surface area (Å²) in [5.74, 6) is -2.34. The van der Waals surface area contributed by atoms with Gasteiger partial charge in [0.1, 0.15) is 0 Å². The molecule has 0 saturated heterocycles. The van der Waals surface area contributed by atoms with Crippen LogP contribution in [0.15, 0.2) is 29.4 Å². The van der Waals surface area contributed by atoms with Crippen molar-refractivity contribution in [1.29, 1.82) is 0 Å². The first-order valence-electron chi connectivity index (χ1n) is 5.62. The summed E-state index contributed by atoms with van der Waals surface area (Å²) < 4.78 is 36.5. The highest BCUT2D eigenvalue weighted by Gasteiger charge is 2.38. The molecule has 1 heterocycles. The molecule has 1 N–H and O–H groups in total. The van der Waals surface area contributed by atoms with Crippen LogP contribution >= 0.6 is 0 Å². The van der Waals surface area contributed by atoms with Crippen molar-refractivity contribution < 1.29 is 22.8 Å².